The van der Waals surface area contributed by atoms with Gasteiger partial charge >= 0.3 is 0 Å². The van der Waals surface area contributed by atoms with Crippen LogP contribution in [0.3, 0.4) is 0 Å². The average molecular weight is 557 g/mol. The van der Waals surface area contributed by atoms with Crippen molar-refractivity contribution in [3.05, 3.63) is 106 Å². The van der Waals surface area contributed by atoms with Crippen molar-refractivity contribution in [1.29, 1.82) is 0 Å². The first-order chi connectivity index (χ1) is 19.5. The molecule has 0 fully saturated rings. The Labute approximate surface area is 256 Å². The lowest BCUT2D eigenvalue weighted by molar-refractivity contribution is 0.544. The first-order valence-corrected chi connectivity index (χ1v) is 16.3. The lowest BCUT2D eigenvalue weighted by Crippen LogP contribution is -2.30. The molecule has 0 saturated carbocycles. The Hall–Kier alpha value is -2.60. The lowest BCUT2D eigenvalue weighted by Gasteiger charge is -2.42. The number of fused-ring (bicyclic) bond motifs is 1. The molecule has 0 heteroatoms. The van der Waals surface area contributed by atoms with Crippen LogP contribution in [0.1, 0.15) is 139 Å². The molecule has 0 bridgehead atoms. The first kappa shape index (κ1) is 38.4. The van der Waals surface area contributed by atoms with Gasteiger partial charge in [-0.1, -0.05) is 153 Å². The summed E-state index contributed by atoms with van der Waals surface area (Å²) in [5.74, 6) is 1.48. The molecule has 0 aromatic heterocycles. The van der Waals surface area contributed by atoms with Gasteiger partial charge in [0.1, 0.15) is 0 Å². The molecule has 2 aliphatic carbocycles. The summed E-state index contributed by atoms with van der Waals surface area (Å²) in [7, 11) is 0. The summed E-state index contributed by atoms with van der Waals surface area (Å²) in [6.07, 6.45) is 23.9. The van der Waals surface area contributed by atoms with Crippen molar-refractivity contribution in [2.75, 3.05) is 0 Å². The van der Waals surface area contributed by atoms with Crippen LogP contribution in [0.15, 0.2) is 89.6 Å². The Morgan fingerprint density at radius 2 is 1.66 bits per heavy atom. The van der Waals surface area contributed by atoms with E-state index < -0.39 is 0 Å². The number of allylic oxidation sites excluding steroid dienone is 12. The van der Waals surface area contributed by atoms with Crippen LogP contribution < -0.4 is 0 Å². The second-order valence-electron chi connectivity index (χ2n) is 11.8. The largest absolute Gasteiger partial charge is 0.0908 e. The smallest absolute Gasteiger partial charge is 0.0155 e. The van der Waals surface area contributed by atoms with E-state index in [1.54, 1.807) is 0 Å². The first-order valence-electron chi connectivity index (χ1n) is 16.3. The van der Waals surface area contributed by atoms with Crippen LogP contribution in [0.4, 0.5) is 0 Å². The van der Waals surface area contributed by atoms with E-state index in [1.807, 2.05) is 13.8 Å². The van der Waals surface area contributed by atoms with Crippen LogP contribution in [0.25, 0.3) is 11.6 Å². The summed E-state index contributed by atoms with van der Waals surface area (Å²) in [5, 5.41) is 0. The molecular weight excluding hydrogens is 492 g/mol. The van der Waals surface area contributed by atoms with Crippen molar-refractivity contribution < 1.29 is 0 Å². The van der Waals surface area contributed by atoms with E-state index in [0.717, 1.165) is 25.2 Å². The highest BCUT2D eigenvalue weighted by Gasteiger charge is 2.38. The minimum atomic E-state index is 0.0209. The fourth-order valence-corrected chi connectivity index (χ4v) is 5.23. The van der Waals surface area contributed by atoms with E-state index in [9.17, 15) is 0 Å². The fraction of sp³-hybridized carbons (Fsp3) is 0.512. The van der Waals surface area contributed by atoms with Gasteiger partial charge in [0.15, 0.2) is 0 Å². The van der Waals surface area contributed by atoms with E-state index in [0.29, 0.717) is 5.92 Å². The Morgan fingerprint density at radius 3 is 2.12 bits per heavy atom. The second-order valence-corrected chi connectivity index (χ2v) is 11.8. The van der Waals surface area contributed by atoms with Gasteiger partial charge in [-0.3, -0.25) is 0 Å². The predicted octanol–water partition coefficient (Wildman–Crippen LogP) is 13.6. The normalized spacial score (nSPS) is 17.2. The van der Waals surface area contributed by atoms with Gasteiger partial charge in [0.2, 0.25) is 0 Å². The molecule has 1 aromatic rings. The molecular formula is C41H64. The number of hydrogen-bond donors (Lipinski definition) is 0. The summed E-state index contributed by atoms with van der Waals surface area (Å²) in [5.41, 5.74) is 10.9. The Morgan fingerprint density at radius 1 is 1.02 bits per heavy atom. The molecule has 0 saturated heterocycles. The van der Waals surface area contributed by atoms with Crippen LogP contribution in [0, 0.1) is 11.8 Å². The van der Waals surface area contributed by atoms with Gasteiger partial charge in [-0.25, -0.2) is 0 Å². The third-order valence-electron chi connectivity index (χ3n) is 8.01. The molecule has 228 valence electrons. The van der Waals surface area contributed by atoms with Gasteiger partial charge in [-0.05, 0) is 99.1 Å². The SMILES string of the molecule is C/C=C(/C)C=C(C)C.C=C1C2=C(C=CCC2CC=CCC)C(C)(C)c2cccc(/C=C\C)c21.CC.CCC(C)CC. The molecule has 0 amide bonds. The topological polar surface area (TPSA) is 0 Å². The summed E-state index contributed by atoms with van der Waals surface area (Å²) >= 11 is 0. The molecule has 1 atom stereocenters. The number of benzene rings is 1. The molecule has 3 rings (SSSR count). The highest BCUT2D eigenvalue weighted by atomic mass is 14.4. The average Bonchev–Trinajstić information content (AvgIpc) is 2.97. The zero-order valence-electron chi connectivity index (χ0n) is 29.2. The maximum Gasteiger partial charge on any atom is 0.0155 e. The Kier molecular flexibility index (Phi) is 19.0. The second kappa shape index (κ2) is 20.3. The van der Waals surface area contributed by atoms with Crippen LogP contribution in [0.5, 0.6) is 0 Å². The van der Waals surface area contributed by atoms with Crippen molar-refractivity contribution in [2.24, 2.45) is 11.8 Å². The molecule has 41 heavy (non-hydrogen) atoms. The third-order valence-corrected chi connectivity index (χ3v) is 8.01. The van der Waals surface area contributed by atoms with Gasteiger partial charge in [0.25, 0.3) is 0 Å². The molecule has 0 heterocycles. The highest BCUT2D eigenvalue weighted by Crippen LogP contribution is 2.52. The molecule has 2 aliphatic rings. The van der Waals surface area contributed by atoms with Crippen LogP contribution in [-0.2, 0) is 5.41 Å². The molecule has 1 unspecified atom stereocenters. The quantitative estimate of drug-likeness (QED) is 0.231. The van der Waals surface area contributed by atoms with Crippen LogP contribution in [0.2, 0.25) is 0 Å². The maximum atomic E-state index is 4.58. The van der Waals surface area contributed by atoms with Crippen molar-refractivity contribution >= 4 is 11.6 Å². The summed E-state index contributed by atoms with van der Waals surface area (Å²) < 4.78 is 0. The summed E-state index contributed by atoms with van der Waals surface area (Å²) in [6, 6.07) is 6.69. The van der Waals surface area contributed by atoms with Crippen molar-refractivity contribution in [2.45, 2.75) is 128 Å². The van der Waals surface area contributed by atoms with Crippen molar-refractivity contribution in [1.82, 2.24) is 0 Å². The van der Waals surface area contributed by atoms with Crippen LogP contribution >= 0.6 is 0 Å². The Bertz CT molecular complexity index is 1100. The molecule has 0 radical (unpaired) electrons. The third kappa shape index (κ3) is 11.7. The molecule has 0 N–H and O–H groups in total. The number of rotatable bonds is 7. The van der Waals surface area contributed by atoms with E-state index >= 15 is 0 Å². The highest BCUT2D eigenvalue weighted by molar-refractivity contribution is 5.90. The van der Waals surface area contributed by atoms with Crippen LogP contribution in [-0.4, -0.2) is 0 Å². The monoisotopic (exact) mass is 557 g/mol. The van der Waals surface area contributed by atoms with E-state index in [1.165, 1.54) is 57.4 Å². The predicted molar refractivity (Wildman–Crippen MR) is 191 cm³/mol. The van der Waals surface area contributed by atoms with Gasteiger partial charge in [0.05, 0.1) is 0 Å². The lowest BCUT2D eigenvalue weighted by atomic mass is 9.62. The minimum Gasteiger partial charge on any atom is -0.0908 e. The van der Waals surface area contributed by atoms with Gasteiger partial charge in [-0.15, -0.1) is 0 Å². The zero-order valence-corrected chi connectivity index (χ0v) is 29.2. The molecule has 0 aliphatic heterocycles. The van der Waals surface area contributed by atoms with E-state index in [-0.39, 0.29) is 5.41 Å². The van der Waals surface area contributed by atoms with Gasteiger partial charge < -0.3 is 0 Å². The van der Waals surface area contributed by atoms with E-state index in [2.05, 4.69) is 150 Å². The minimum absolute atomic E-state index is 0.0209. The summed E-state index contributed by atoms with van der Waals surface area (Å²) in [6.45, 7) is 32.7. The number of hydrogen-bond acceptors (Lipinski definition) is 0. The maximum absolute atomic E-state index is 4.58. The Balaban J connectivity index is 0.000000827. The standard InChI is InChI=1S/C25H30.C8H14.C6H14.C2H6/c1-6-8-9-13-20-15-11-17-22-24(20)18(3)23-19(12-7-2)14-10-16-21(23)25(22,4)5;1-5-8(4)6-7(2)3;1-4-6(3)5-2;1-2/h7-12,14,16-17,20H,3,6,13,15H2,1-2,4-5H3;5-6H,1-4H3;6H,4-5H2,1-3H3;1-2H3/b9-8?,12-7-;8-5-;;. The fourth-order valence-electron chi connectivity index (χ4n) is 5.23. The zero-order chi connectivity index (χ0) is 31.6. The van der Waals surface area contributed by atoms with Gasteiger partial charge in [-0.2, -0.15) is 0 Å². The molecule has 0 nitrogen and oxygen atoms in total. The summed E-state index contributed by atoms with van der Waals surface area (Å²) in [4.78, 5) is 0. The van der Waals surface area contributed by atoms with Crippen molar-refractivity contribution in [3.8, 4) is 0 Å². The molecule has 1 aromatic carbocycles. The van der Waals surface area contributed by atoms with Gasteiger partial charge in [0, 0.05) is 5.41 Å². The van der Waals surface area contributed by atoms with E-state index in [4.69, 9.17) is 0 Å². The molecule has 0 spiro atoms. The van der Waals surface area contributed by atoms with Crippen molar-refractivity contribution in [3.63, 3.8) is 0 Å².